The summed E-state index contributed by atoms with van der Waals surface area (Å²) in [5, 5.41) is 9.00. The Morgan fingerprint density at radius 3 is 1.79 bits per heavy atom. The van der Waals surface area contributed by atoms with Crippen molar-refractivity contribution < 1.29 is 31.9 Å². The number of halogens is 5. The van der Waals surface area contributed by atoms with E-state index < -0.39 is 52.5 Å². The molecule has 1 N–H and O–H groups in total. The number of carboxylic acid groups (broad SMARTS) is 1. The molecule has 0 aliphatic rings. The first kappa shape index (κ1) is 15.1. The Hall–Kier alpha value is -1.92. The molecule has 0 saturated heterocycles. The molecule has 1 unspecified atom stereocenters. The first-order valence-corrected chi connectivity index (χ1v) is 5.04. The molecule has 0 fully saturated rings. The van der Waals surface area contributed by atoms with Crippen LogP contribution in [0.2, 0.25) is 0 Å². The molecular weight excluding hydrogens is 271 g/mol. The van der Waals surface area contributed by atoms with E-state index in [-0.39, 0.29) is 0 Å². The number of rotatable bonds is 4. The average molecular weight is 280 g/mol. The lowest BCUT2D eigenvalue weighted by Crippen LogP contribution is -2.35. The highest BCUT2D eigenvalue weighted by Crippen LogP contribution is 2.35. The van der Waals surface area contributed by atoms with Crippen LogP contribution in [0.3, 0.4) is 0 Å². The van der Waals surface area contributed by atoms with Crippen LogP contribution in [-0.4, -0.2) is 11.1 Å². The van der Waals surface area contributed by atoms with Gasteiger partial charge < -0.3 is 5.11 Å². The van der Waals surface area contributed by atoms with Crippen molar-refractivity contribution in [1.29, 1.82) is 0 Å². The molecule has 104 valence electrons. The average Bonchev–Trinajstić information content (AvgIpc) is 2.34. The maximum absolute atomic E-state index is 13.6. The largest absolute Gasteiger partial charge is 0.481 e. The minimum Gasteiger partial charge on any atom is -0.481 e. The number of hydrogen-bond acceptors (Lipinski definition) is 1. The highest BCUT2D eigenvalue weighted by molar-refractivity contribution is 5.81. The molecule has 1 aromatic carbocycles. The maximum atomic E-state index is 13.6. The lowest BCUT2D eigenvalue weighted by Gasteiger charge is -2.25. The molecule has 0 aliphatic heterocycles. The Bertz CT molecular complexity index is 527. The predicted molar refractivity (Wildman–Crippen MR) is 56.0 cm³/mol. The van der Waals surface area contributed by atoms with Crippen LogP contribution < -0.4 is 0 Å². The molecule has 1 atom stereocenters. The lowest BCUT2D eigenvalue weighted by molar-refractivity contribution is -0.143. The second-order valence-electron chi connectivity index (χ2n) is 4.07. The molecule has 7 heteroatoms. The van der Waals surface area contributed by atoms with Crippen LogP contribution >= 0.6 is 0 Å². The molecule has 0 amide bonds. The van der Waals surface area contributed by atoms with Gasteiger partial charge in [-0.05, 0) is 13.3 Å². The van der Waals surface area contributed by atoms with Crippen molar-refractivity contribution >= 4 is 5.97 Å². The van der Waals surface area contributed by atoms with E-state index in [4.69, 9.17) is 5.11 Å². The fourth-order valence-corrected chi connectivity index (χ4v) is 1.67. The molecule has 0 aromatic heterocycles. The Morgan fingerprint density at radius 1 is 1.11 bits per heavy atom. The summed E-state index contributed by atoms with van der Waals surface area (Å²) in [6, 6.07) is 0. The minimum absolute atomic E-state index is 0.499. The third-order valence-electron chi connectivity index (χ3n) is 2.79. The summed E-state index contributed by atoms with van der Waals surface area (Å²) in [6.07, 6.45) is 0.521. The van der Waals surface area contributed by atoms with E-state index in [0.717, 1.165) is 13.0 Å². The second-order valence-corrected chi connectivity index (χ2v) is 4.07. The van der Waals surface area contributed by atoms with Crippen molar-refractivity contribution in [3.05, 3.63) is 47.3 Å². The van der Waals surface area contributed by atoms with Crippen molar-refractivity contribution in [2.24, 2.45) is 0 Å². The van der Waals surface area contributed by atoms with Crippen LogP contribution in [0.5, 0.6) is 0 Å². The van der Waals surface area contributed by atoms with Crippen LogP contribution in [0.1, 0.15) is 18.9 Å². The van der Waals surface area contributed by atoms with Crippen molar-refractivity contribution in [2.75, 3.05) is 0 Å². The molecular formula is C12H9F5O2. The molecule has 2 nitrogen and oxygen atoms in total. The van der Waals surface area contributed by atoms with Gasteiger partial charge in [-0.1, -0.05) is 6.08 Å². The highest BCUT2D eigenvalue weighted by Gasteiger charge is 2.42. The van der Waals surface area contributed by atoms with Crippen LogP contribution in [0, 0.1) is 29.1 Å². The fraction of sp³-hybridized carbons (Fsp3) is 0.250. The third kappa shape index (κ3) is 2.20. The number of benzene rings is 1. The Labute approximate surface area is 105 Å². The Kier molecular flexibility index (Phi) is 3.97. The molecule has 1 aromatic rings. The van der Waals surface area contributed by atoms with E-state index in [2.05, 4.69) is 6.58 Å². The van der Waals surface area contributed by atoms with Crippen molar-refractivity contribution in [3.8, 4) is 0 Å². The van der Waals surface area contributed by atoms with Crippen LogP contribution in [0.4, 0.5) is 22.0 Å². The van der Waals surface area contributed by atoms with Gasteiger partial charge in [0.25, 0.3) is 0 Å². The molecule has 0 radical (unpaired) electrons. The molecule has 0 spiro atoms. The first-order valence-electron chi connectivity index (χ1n) is 5.04. The van der Waals surface area contributed by atoms with E-state index >= 15 is 0 Å². The lowest BCUT2D eigenvalue weighted by atomic mass is 9.78. The standard InChI is InChI=1S/C12H9F5O2/c1-3-4-12(2,11(18)19)5-6(13)8(15)10(17)9(16)7(5)14/h3H,1,4H2,2H3,(H,18,19). The summed E-state index contributed by atoms with van der Waals surface area (Å²) < 4.78 is 66.1. The predicted octanol–water partition coefficient (Wildman–Crippen LogP) is 3.30. The summed E-state index contributed by atoms with van der Waals surface area (Å²) in [4.78, 5) is 11.1. The smallest absolute Gasteiger partial charge is 0.314 e. The van der Waals surface area contributed by atoms with E-state index in [1.165, 1.54) is 0 Å². The van der Waals surface area contributed by atoms with Crippen molar-refractivity contribution in [1.82, 2.24) is 0 Å². The van der Waals surface area contributed by atoms with Crippen LogP contribution in [-0.2, 0) is 10.2 Å². The van der Waals surface area contributed by atoms with Gasteiger partial charge in [0.2, 0.25) is 5.82 Å². The Balaban J connectivity index is 3.75. The van der Waals surface area contributed by atoms with Gasteiger partial charge in [0, 0.05) is 5.56 Å². The van der Waals surface area contributed by atoms with E-state index in [0.29, 0.717) is 0 Å². The van der Waals surface area contributed by atoms with E-state index in [1.54, 1.807) is 0 Å². The number of hydrogen-bond donors (Lipinski definition) is 1. The zero-order valence-corrected chi connectivity index (χ0v) is 9.74. The number of allylic oxidation sites excluding steroid dienone is 1. The minimum atomic E-state index is -2.33. The summed E-state index contributed by atoms with van der Waals surface area (Å²) in [5.74, 6) is -12.7. The van der Waals surface area contributed by atoms with Crippen molar-refractivity contribution in [3.63, 3.8) is 0 Å². The van der Waals surface area contributed by atoms with Crippen molar-refractivity contribution in [2.45, 2.75) is 18.8 Å². The number of aliphatic carboxylic acids is 1. The first-order chi connectivity index (χ1) is 8.68. The van der Waals surface area contributed by atoms with Gasteiger partial charge in [-0.25, -0.2) is 22.0 Å². The van der Waals surface area contributed by atoms with Gasteiger partial charge in [-0.3, -0.25) is 4.79 Å². The monoisotopic (exact) mass is 280 g/mol. The zero-order chi connectivity index (χ0) is 15.0. The zero-order valence-electron chi connectivity index (χ0n) is 9.74. The summed E-state index contributed by atoms with van der Waals surface area (Å²) in [7, 11) is 0. The summed E-state index contributed by atoms with van der Waals surface area (Å²) in [6.45, 7) is 4.06. The number of carbonyl (C=O) groups is 1. The van der Waals surface area contributed by atoms with Crippen LogP contribution in [0.15, 0.2) is 12.7 Å². The molecule has 1 rings (SSSR count). The normalized spacial score (nSPS) is 14.0. The van der Waals surface area contributed by atoms with Gasteiger partial charge in [0.15, 0.2) is 23.3 Å². The van der Waals surface area contributed by atoms with Gasteiger partial charge in [0.1, 0.15) is 0 Å². The quantitative estimate of drug-likeness (QED) is 0.397. The third-order valence-corrected chi connectivity index (χ3v) is 2.79. The maximum Gasteiger partial charge on any atom is 0.314 e. The van der Waals surface area contributed by atoms with Gasteiger partial charge >= 0.3 is 5.97 Å². The van der Waals surface area contributed by atoms with Gasteiger partial charge in [-0.15, -0.1) is 6.58 Å². The molecule has 19 heavy (non-hydrogen) atoms. The molecule has 0 saturated carbocycles. The second kappa shape index (κ2) is 4.99. The summed E-state index contributed by atoms with van der Waals surface area (Å²) in [5.41, 5.74) is -3.68. The SMILES string of the molecule is C=CCC(C)(C(=O)O)c1c(F)c(F)c(F)c(F)c1F. The van der Waals surface area contributed by atoms with Crippen LogP contribution in [0.25, 0.3) is 0 Å². The van der Waals surface area contributed by atoms with E-state index in [1.807, 2.05) is 0 Å². The molecule has 0 heterocycles. The fourth-order valence-electron chi connectivity index (χ4n) is 1.67. The highest BCUT2D eigenvalue weighted by atomic mass is 19.2. The topological polar surface area (TPSA) is 37.3 Å². The Morgan fingerprint density at radius 2 is 1.47 bits per heavy atom. The van der Waals surface area contributed by atoms with Gasteiger partial charge in [-0.2, -0.15) is 0 Å². The molecule has 0 aliphatic carbocycles. The molecule has 0 bridgehead atoms. The summed E-state index contributed by atoms with van der Waals surface area (Å²) >= 11 is 0. The number of carboxylic acids is 1. The van der Waals surface area contributed by atoms with E-state index in [9.17, 15) is 26.7 Å². The van der Waals surface area contributed by atoms with Gasteiger partial charge in [0.05, 0.1) is 5.41 Å².